The normalized spacial score (nSPS) is 28.9. The van der Waals surface area contributed by atoms with Crippen LogP contribution >= 0.6 is 0 Å². The van der Waals surface area contributed by atoms with Crippen molar-refractivity contribution in [3.8, 4) is 0 Å². The molecule has 0 bridgehead atoms. The van der Waals surface area contributed by atoms with E-state index in [1.807, 2.05) is 0 Å². The summed E-state index contributed by atoms with van der Waals surface area (Å²) < 4.78 is 0. The zero-order chi connectivity index (χ0) is 13.0. The Morgan fingerprint density at radius 1 is 1.18 bits per heavy atom. The van der Waals surface area contributed by atoms with Crippen LogP contribution < -0.4 is 5.32 Å². The number of hydrogen-bond donors (Lipinski definition) is 1. The topological polar surface area (TPSA) is 15.3 Å². The smallest absolute Gasteiger partial charge is 0.0249 e. The fraction of sp³-hybridized carbons (Fsp3) is 1.00. The molecular formula is C15H32N2. The molecule has 0 aliphatic carbocycles. The first-order valence-electron chi connectivity index (χ1n) is 7.44. The minimum Gasteiger partial charge on any atom is -0.311 e. The van der Waals surface area contributed by atoms with E-state index in [0.29, 0.717) is 12.1 Å². The van der Waals surface area contributed by atoms with Crippen LogP contribution in [0.15, 0.2) is 0 Å². The van der Waals surface area contributed by atoms with Gasteiger partial charge in [-0.15, -0.1) is 0 Å². The summed E-state index contributed by atoms with van der Waals surface area (Å²) in [5.41, 5.74) is 0. The second-order valence-electron chi connectivity index (χ2n) is 6.48. The minimum atomic E-state index is 0.672. The van der Waals surface area contributed by atoms with Crippen LogP contribution in [0.1, 0.15) is 54.4 Å². The van der Waals surface area contributed by atoms with Crippen molar-refractivity contribution in [3.63, 3.8) is 0 Å². The molecule has 3 unspecified atom stereocenters. The van der Waals surface area contributed by atoms with Crippen LogP contribution in [0, 0.1) is 11.8 Å². The molecule has 0 spiro atoms. The lowest BCUT2D eigenvalue weighted by atomic mass is 9.91. The summed E-state index contributed by atoms with van der Waals surface area (Å²) in [4.78, 5) is 2.72. The molecule has 102 valence electrons. The van der Waals surface area contributed by atoms with Crippen molar-refractivity contribution >= 4 is 0 Å². The molecule has 0 aromatic heterocycles. The lowest BCUT2D eigenvalue weighted by molar-refractivity contribution is 0.0585. The molecule has 0 saturated carbocycles. The van der Waals surface area contributed by atoms with Crippen molar-refractivity contribution in [2.75, 3.05) is 13.1 Å². The summed E-state index contributed by atoms with van der Waals surface area (Å²) in [7, 11) is 0. The Morgan fingerprint density at radius 2 is 1.82 bits per heavy atom. The predicted octanol–water partition coefficient (Wildman–Crippen LogP) is 3.13. The summed E-state index contributed by atoms with van der Waals surface area (Å²) in [6.07, 6.45) is 2.58. The Hall–Kier alpha value is -0.0800. The first kappa shape index (κ1) is 15.0. The van der Waals surface area contributed by atoms with E-state index in [0.717, 1.165) is 17.9 Å². The summed E-state index contributed by atoms with van der Waals surface area (Å²) in [5, 5.41) is 3.76. The van der Waals surface area contributed by atoms with Crippen molar-refractivity contribution in [3.05, 3.63) is 0 Å². The lowest BCUT2D eigenvalue weighted by Gasteiger charge is -2.45. The second kappa shape index (κ2) is 6.75. The van der Waals surface area contributed by atoms with E-state index in [1.165, 1.54) is 25.9 Å². The highest BCUT2D eigenvalue weighted by molar-refractivity contribution is 4.90. The number of nitrogens with zero attached hydrogens (tertiary/aromatic N) is 1. The molecule has 17 heavy (non-hydrogen) atoms. The van der Waals surface area contributed by atoms with E-state index in [-0.39, 0.29) is 0 Å². The third-order valence-corrected chi connectivity index (χ3v) is 4.19. The Morgan fingerprint density at radius 3 is 2.29 bits per heavy atom. The van der Waals surface area contributed by atoms with Crippen molar-refractivity contribution < 1.29 is 0 Å². The summed E-state index contributed by atoms with van der Waals surface area (Å²) >= 11 is 0. The van der Waals surface area contributed by atoms with Crippen LogP contribution in [0.4, 0.5) is 0 Å². The molecule has 1 N–H and O–H groups in total. The highest BCUT2D eigenvalue weighted by Gasteiger charge is 2.32. The molecule has 3 atom stereocenters. The van der Waals surface area contributed by atoms with Crippen LogP contribution in [0.2, 0.25) is 0 Å². The monoisotopic (exact) mass is 240 g/mol. The Kier molecular flexibility index (Phi) is 5.94. The van der Waals surface area contributed by atoms with Gasteiger partial charge < -0.3 is 5.32 Å². The zero-order valence-corrected chi connectivity index (χ0v) is 12.7. The van der Waals surface area contributed by atoms with E-state index in [9.17, 15) is 0 Å². The van der Waals surface area contributed by atoms with Crippen LogP contribution in [-0.4, -0.2) is 36.1 Å². The van der Waals surface area contributed by atoms with Gasteiger partial charge in [0.2, 0.25) is 0 Å². The van der Waals surface area contributed by atoms with Gasteiger partial charge in [0, 0.05) is 31.2 Å². The Labute approximate surface area is 108 Å². The van der Waals surface area contributed by atoms with E-state index < -0.39 is 0 Å². The van der Waals surface area contributed by atoms with Gasteiger partial charge in [0.15, 0.2) is 0 Å². The van der Waals surface area contributed by atoms with Gasteiger partial charge in [-0.1, -0.05) is 34.1 Å². The summed E-state index contributed by atoms with van der Waals surface area (Å²) in [6, 6.07) is 2.09. The van der Waals surface area contributed by atoms with Crippen LogP contribution in [0.3, 0.4) is 0 Å². The van der Waals surface area contributed by atoms with E-state index in [2.05, 4.69) is 51.8 Å². The van der Waals surface area contributed by atoms with Gasteiger partial charge in [0.05, 0.1) is 0 Å². The maximum absolute atomic E-state index is 3.76. The molecule has 1 fully saturated rings. The molecule has 1 aliphatic heterocycles. The summed E-state index contributed by atoms with van der Waals surface area (Å²) in [6.45, 7) is 16.4. The maximum Gasteiger partial charge on any atom is 0.0249 e. The second-order valence-corrected chi connectivity index (χ2v) is 6.48. The van der Waals surface area contributed by atoms with Gasteiger partial charge in [0.1, 0.15) is 0 Å². The molecule has 0 radical (unpaired) electrons. The van der Waals surface area contributed by atoms with E-state index >= 15 is 0 Å². The molecule has 0 amide bonds. The highest BCUT2D eigenvalue weighted by Crippen LogP contribution is 2.22. The number of hydrogen-bond acceptors (Lipinski definition) is 2. The minimum absolute atomic E-state index is 0.672. The molecule has 1 heterocycles. The first-order chi connectivity index (χ1) is 7.95. The van der Waals surface area contributed by atoms with E-state index in [1.54, 1.807) is 0 Å². The third kappa shape index (κ3) is 4.26. The van der Waals surface area contributed by atoms with Crippen LogP contribution in [-0.2, 0) is 0 Å². The lowest BCUT2D eigenvalue weighted by Crippen LogP contribution is -2.60. The molecule has 2 nitrogen and oxygen atoms in total. The SMILES string of the molecule is CCC(C)C1CNC(CC(C)C)CN1C(C)C. The maximum atomic E-state index is 3.76. The summed E-state index contributed by atoms with van der Waals surface area (Å²) in [5.74, 6) is 1.59. The molecule has 2 heteroatoms. The van der Waals surface area contributed by atoms with Crippen molar-refractivity contribution in [1.82, 2.24) is 10.2 Å². The first-order valence-corrected chi connectivity index (χ1v) is 7.44. The average Bonchev–Trinajstić information content (AvgIpc) is 2.27. The van der Waals surface area contributed by atoms with Gasteiger partial charge in [-0.25, -0.2) is 0 Å². The largest absolute Gasteiger partial charge is 0.311 e. The quantitative estimate of drug-likeness (QED) is 0.794. The Bertz CT molecular complexity index is 213. The average molecular weight is 240 g/mol. The molecule has 0 aromatic rings. The Balaban J connectivity index is 2.61. The van der Waals surface area contributed by atoms with Gasteiger partial charge in [0.25, 0.3) is 0 Å². The number of rotatable bonds is 5. The fourth-order valence-corrected chi connectivity index (χ4v) is 2.98. The molecule has 1 rings (SSSR count). The number of piperazine rings is 1. The van der Waals surface area contributed by atoms with E-state index in [4.69, 9.17) is 0 Å². The van der Waals surface area contributed by atoms with Gasteiger partial charge in [-0.05, 0) is 32.1 Å². The molecule has 0 aromatic carbocycles. The van der Waals surface area contributed by atoms with Gasteiger partial charge in [-0.2, -0.15) is 0 Å². The number of nitrogens with one attached hydrogen (secondary N) is 1. The fourth-order valence-electron chi connectivity index (χ4n) is 2.98. The van der Waals surface area contributed by atoms with Crippen LogP contribution in [0.5, 0.6) is 0 Å². The van der Waals surface area contributed by atoms with Crippen molar-refractivity contribution in [1.29, 1.82) is 0 Å². The van der Waals surface area contributed by atoms with Gasteiger partial charge >= 0.3 is 0 Å². The molecular weight excluding hydrogens is 208 g/mol. The standard InChI is InChI=1S/C15H32N2/c1-7-13(6)15-9-16-14(8-11(2)3)10-17(15)12(4)5/h11-16H,7-10H2,1-6H3. The third-order valence-electron chi connectivity index (χ3n) is 4.19. The zero-order valence-electron chi connectivity index (χ0n) is 12.7. The predicted molar refractivity (Wildman–Crippen MR) is 76.3 cm³/mol. The van der Waals surface area contributed by atoms with Gasteiger partial charge in [-0.3, -0.25) is 4.90 Å². The van der Waals surface area contributed by atoms with Crippen LogP contribution in [0.25, 0.3) is 0 Å². The van der Waals surface area contributed by atoms with Crippen molar-refractivity contribution in [2.45, 2.75) is 72.5 Å². The van der Waals surface area contributed by atoms with Crippen molar-refractivity contribution in [2.24, 2.45) is 11.8 Å². The molecule has 1 saturated heterocycles. The molecule has 1 aliphatic rings. The highest BCUT2D eigenvalue weighted by atomic mass is 15.3.